The predicted molar refractivity (Wildman–Crippen MR) is 114 cm³/mol. The Kier molecular flexibility index (Phi) is 6.74. The first-order valence-electron chi connectivity index (χ1n) is 9.49. The lowest BCUT2D eigenvalue weighted by atomic mass is 10.0. The number of carbonyl (C=O) groups excluding carboxylic acids is 1. The molecule has 0 aliphatic rings. The minimum Gasteiger partial charge on any atom is -0.493 e. The maximum Gasteiger partial charge on any atom is 0.252 e. The fourth-order valence-corrected chi connectivity index (χ4v) is 3.14. The zero-order chi connectivity index (χ0) is 20.6. The van der Waals surface area contributed by atoms with E-state index in [-0.39, 0.29) is 11.9 Å². The number of nitrogens with one attached hydrogen (secondary N) is 1. The van der Waals surface area contributed by atoms with E-state index < -0.39 is 0 Å². The number of furan rings is 1. The van der Waals surface area contributed by atoms with Gasteiger partial charge in [0, 0.05) is 0 Å². The summed E-state index contributed by atoms with van der Waals surface area (Å²) in [6.07, 6.45) is 4.07. The highest BCUT2D eigenvalue weighted by atomic mass is 16.5. The summed E-state index contributed by atoms with van der Waals surface area (Å²) in [5.41, 5.74) is 2.31. The first kappa shape index (κ1) is 20.3. The number of rotatable bonds is 8. The van der Waals surface area contributed by atoms with Gasteiger partial charge in [-0.2, -0.15) is 0 Å². The Morgan fingerprint density at radius 2 is 1.79 bits per heavy atom. The maximum atomic E-state index is 13.2. The molecule has 3 aromatic rings. The minimum absolute atomic E-state index is 0.172. The molecular weight excluding hydrogens is 366 g/mol. The fourth-order valence-electron chi connectivity index (χ4n) is 3.14. The van der Waals surface area contributed by atoms with E-state index in [1.165, 1.54) is 0 Å². The third-order valence-corrected chi connectivity index (χ3v) is 4.68. The Hall–Kier alpha value is -3.47. The number of ether oxygens (including phenoxy) is 2. The van der Waals surface area contributed by atoms with Crippen molar-refractivity contribution >= 4 is 17.6 Å². The molecule has 0 aliphatic carbocycles. The van der Waals surface area contributed by atoms with E-state index in [9.17, 15) is 4.79 Å². The lowest BCUT2D eigenvalue weighted by Crippen LogP contribution is -2.29. The van der Waals surface area contributed by atoms with Crippen LogP contribution in [0.3, 0.4) is 0 Å². The highest BCUT2D eigenvalue weighted by Gasteiger charge is 2.19. The lowest BCUT2D eigenvalue weighted by Gasteiger charge is -2.20. The van der Waals surface area contributed by atoms with Gasteiger partial charge in [-0.25, -0.2) is 0 Å². The first-order valence-corrected chi connectivity index (χ1v) is 9.49. The number of carbonyl (C=O) groups is 1. The maximum absolute atomic E-state index is 13.2. The number of benzene rings is 2. The normalized spacial score (nSPS) is 12.3. The first-order chi connectivity index (χ1) is 14.2. The average molecular weight is 391 g/mol. The monoisotopic (exact) mass is 391 g/mol. The van der Waals surface area contributed by atoms with Crippen molar-refractivity contribution in [2.75, 3.05) is 14.2 Å². The summed E-state index contributed by atoms with van der Waals surface area (Å²) >= 11 is 0. The van der Waals surface area contributed by atoms with E-state index >= 15 is 0 Å². The number of amides is 1. The molecule has 1 heterocycles. The van der Waals surface area contributed by atoms with Gasteiger partial charge in [-0.3, -0.25) is 4.79 Å². The van der Waals surface area contributed by atoms with Crippen LogP contribution in [-0.4, -0.2) is 20.1 Å². The molecule has 0 fully saturated rings. The molecule has 0 bridgehead atoms. The fraction of sp³-hybridized carbons (Fsp3) is 0.208. The molecule has 29 heavy (non-hydrogen) atoms. The molecule has 1 N–H and O–H groups in total. The van der Waals surface area contributed by atoms with Gasteiger partial charge in [0.2, 0.25) is 0 Å². The van der Waals surface area contributed by atoms with E-state index in [1.54, 1.807) is 32.6 Å². The van der Waals surface area contributed by atoms with E-state index in [4.69, 9.17) is 13.9 Å². The molecule has 0 unspecified atom stereocenters. The van der Waals surface area contributed by atoms with E-state index in [0.29, 0.717) is 22.8 Å². The molecule has 1 atom stereocenters. The van der Waals surface area contributed by atoms with Crippen molar-refractivity contribution in [1.29, 1.82) is 0 Å². The SMILES string of the molecule is CC[C@H](NC(=O)/C(=C/c1ccco1)c1ccccc1)c1ccc(OC)c(OC)c1. The Bertz CT molecular complexity index is 962. The Morgan fingerprint density at radius 3 is 2.41 bits per heavy atom. The third kappa shape index (κ3) is 4.88. The number of hydrogen-bond donors (Lipinski definition) is 1. The van der Waals surface area contributed by atoms with Gasteiger partial charge >= 0.3 is 0 Å². The van der Waals surface area contributed by atoms with Gasteiger partial charge in [-0.1, -0.05) is 43.3 Å². The largest absolute Gasteiger partial charge is 0.493 e. The van der Waals surface area contributed by atoms with Crippen LogP contribution in [0.4, 0.5) is 0 Å². The number of hydrogen-bond acceptors (Lipinski definition) is 4. The van der Waals surface area contributed by atoms with E-state index in [2.05, 4.69) is 5.32 Å². The van der Waals surface area contributed by atoms with Crippen molar-refractivity contribution in [1.82, 2.24) is 5.32 Å². The van der Waals surface area contributed by atoms with Gasteiger partial charge in [0.1, 0.15) is 5.76 Å². The summed E-state index contributed by atoms with van der Waals surface area (Å²) in [4.78, 5) is 13.2. The molecule has 3 rings (SSSR count). The van der Waals surface area contributed by atoms with Crippen molar-refractivity contribution in [3.05, 3.63) is 83.8 Å². The van der Waals surface area contributed by atoms with Gasteiger partial charge in [0.25, 0.3) is 5.91 Å². The third-order valence-electron chi connectivity index (χ3n) is 4.68. The quantitative estimate of drug-likeness (QED) is 0.543. The summed E-state index contributed by atoms with van der Waals surface area (Å²) in [7, 11) is 3.20. The van der Waals surface area contributed by atoms with Crippen LogP contribution >= 0.6 is 0 Å². The van der Waals surface area contributed by atoms with Gasteiger partial charge < -0.3 is 19.2 Å². The van der Waals surface area contributed by atoms with Gasteiger partial charge in [0.15, 0.2) is 11.5 Å². The van der Waals surface area contributed by atoms with Crippen LogP contribution in [-0.2, 0) is 4.79 Å². The van der Waals surface area contributed by atoms with Crippen LogP contribution in [0.25, 0.3) is 11.6 Å². The van der Waals surface area contributed by atoms with Crippen molar-refractivity contribution < 1.29 is 18.7 Å². The Morgan fingerprint density at radius 1 is 1.03 bits per heavy atom. The molecule has 0 saturated heterocycles. The zero-order valence-electron chi connectivity index (χ0n) is 16.8. The Labute approximate surface area is 171 Å². The van der Waals surface area contributed by atoms with Crippen LogP contribution in [0.15, 0.2) is 71.3 Å². The molecular formula is C24H25NO4. The molecule has 5 nitrogen and oxygen atoms in total. The summed E-state index contributed by atoms with van der Waals surface area (Å²) in [5, 5.41) is 3.14. The zero-order valence-corrected chi connectivity index (χ0v) is 16.8. The molecule has 1 aromatic heterocycles. The molecule has 0 spiro atoms. The van der Waals surface area contributed by atoms with E-state index in [1.807, 2.05) is 61.5 Å². The molecule has 150 valence electrons. The van der Waals surface area contributed by atoms with Crippen LogP contribution < -0.4 is 14.8 Å². The molecule has 0 saturated carbocycles. The van der Waals surface area contributed by atoms with Crippen molar-refractivity contribution in [2.24, 2.45) is 0 Å². The second-order valence-corrected chi connectivity index (χ2v) is 6.49. The van der Waals surface area contributed by atoms with Gasteiger partial charge in [-0.05, 0) is 47.9 Å². The number of methoxy groups -OCH3 is 2. The van der Waals surface area contributed by atoms with Crippen LogP contribution in [0, 0.1) is 0 Å². The highest BCUT2D eigenvalue weighted by molar-refractivity contribution is 6.24. The second kappa shape index (κ2) is 9.64. The van der Waals surface area contributed by atoms with Crippen molar-refractivity contribution in [2.45, 2.75) is 19.4 Å². The lowest BCUT2D eigenvalue weighted by molar-refractivity contribution is -0.116. The predicted octanol–water partition coefficient (Wildman–Crippen LogP) is 5.10. The molecule has 2 aromatic carbocycles. The topological polar surface area (TPSA) is 60.7 Å². The molecule has 0 radical (unpaired) electrons. The smallest absolute Gasteiger partial charge is 0.252 e. The summed E-state index contributed by atoms with van der Waals surface area (Å²) < 4.78 is 16.1. The van der Waals surface area contributed by atoms with Gasteiger partial charge in [-0.15, -0.1) is 0 Å². The van der Waals surface area contributed by atoms with Crippen molar-refractivity contribution in [3.63, 3.8) is 0 Å². The summed E-state index contributed by atoms with van der Waals surface area (Å²) in [5.74, 6) is 1.74. The van der Waals surface area contributed by atoms with Gasteiger partial charge in [0.05, 0.1) is 32.1 Å². The van der Waals surface area contributed by atoms with Crippen LogP contribution in [0.2, 0.25) is 0 Å². The molecule has 0 aliphatic heterocycles. The van der Waals surface area contributed by atoms with Crippen LogP contribution in [0.1, 0.15) is 36.3 Å². The second-order valence-electron chi connectivity index (χ2n) is 6.49. The van der Waals surface area contributed by atoms with Crippen molar-refractivity contribution in [3.8, 4) is 11.5 Å². The minimum atomic E-state index is -0.175. The molecule has 1 amide bonds. The highest BCUT2D eigenvalue weighted by Crippen LogP contribution is 2.31. The summed E-state index contributed by atoms with van der Waals surface area (Å²) in [6, 6.07) is 18.7. The Balaban J connectivity index is 1.90. The molecule has 5 heteroatoms. The standard InChI is InChI=1S/C24H25NO4/c1-4-21(18-12-13-22(27-2)23(15-18)28-3)25-24(26)20(16-19-11-8-14-29-19)17-9-6-5-7-10-17/h5-16,21H,4H2,1-3H3,(H,25,26)/b20-16+/t21-/m0/s1. The van der Waals surface area contributed by atoms with E-state index in [0.717, 1.165) is 17.5 Å². The average Bonchev–Trinajstić information content (AvgIpc) is 3.29. The van der Waals surface area contributed by atoms with Crippen LogP contribution in [0.5, 0.6) is 11.5 Å². The summed E-state index contributed by atoms with van der Waals surface area (Å²) in [6.45, 7) is 2.03.